The molecule has 1 saturated heterocycles. The Hall–Kier alpha value is -1.94. The lowest BCUT2D eigenvalue weighted by Crippen LogP contribution is -2.42. The number of hydrogen-bond donors (Lipinski definition) is 1. The van der Waals surface area contributed by atoms with Gasteiger partial charge in [0.1, 0.15) is 18.1 Å². The predicted molar refractivity (Wildman–Crippen MR) is 115 cm³/mol. The summed E-state index contributed by atoms with van der Waals surface area (Å²) >= 11 is 1.63. The van der Waals surface area contributed by atoms with Crippen LogP contribution in [-0.4, -0.2) is 43.3 Å². The van der Waals surface area contributed by atoms with Crippen molar-refractivity contribution in [2.45, 2.75) is 43.9 Å². The zero-order chi connectivity index (χ0) is 23.1. The Labute approximate surface area is 189 Å². The number of aliphatic hydroxyl groups excluding tert-OH is 1. The molecular weight excluding hydrogens is 445 g/mol. The number of alkyl halides is 3. The summed E-state index contributed by atoms with van der Waals surface area (Å²) in [6.07, 6.45) is -4.35. The normalized spacial score (nSPS) is 19.3. The summed E-state index contributed by atoms with van der Waals surface area (Å²) in [5.41, 5.74) is 0.277. The number of aliphatic hydroxyl groups is 1. The summed E-state index contributed by atoms with van der Waals surface area (Å²) in [5, 5.41) is 9.36. The highest BCUT2D eigenvalue weighted by Crippen LogP contribution is 2.31. The fourth-order valence-electron chi connectivity index (χ4n) is 3.11. The molecule has 0 saturated carbocycles. The van der Waals surface area contributed by atoms with Gasteiger partial charge in [0, 0.05) is 23.2 Å². The Morgan fingerprint density at radius 2 is 1.81 bits per heavy atom. The average Bonchev–Trinajstić information content (AvgIpc) is 2.73. The molecule has 1 fully saturated rings. The van der Waals surface area contributed by atoms with Gasteiger partial charge < -0.3 is 24.1 Å². The van der Waals surface area contributed by atoms with Crippen LogP contribution in [0.15, 0.2) is 47.4 Å². The van der Waals surface area contributed by atoms with E-state index < -0.39 is 11.7 Å². The van der Waals surface area contributed by atoms with Crippen LogP contribution in [0.4, 0.5) is 13.2 Å². The van der Waals surface area contributed by atoms with Gasteiger partial charge in [-0.25, -0.2) is 0 Å². The molecule has 0 radical (unpaired) electrons. The van der Waals surface area contributed by atoms with Crippen LogP contribution in [0, 0.1) is 12.8 Å². The monoisotopic (exact) mass is 472 g/mol. The zero-order valence-corrected chi connectivity index (χ0v) is 18.7. The maximum Gasteiger partial charge on any atom is 0.416 e. The average molecular weight is 473 g/mol. The molecule has 0 amide bonds. The van der Waals surface area contributed by atoms with Crippen molar-refractivity contribution in [2.24, 2.45) is 5.92 Å². The first-order valence-corrected chi connectivity index (χ1v) is 11.3. The van der Waals surface area contributed by atoms with Crippen LogP contribution < -0.4 is 9.47 Å². The number of thioether (sulfide) groups is 1. The Balaban J connectivity index is 1.47. The highest BCUT2D eigenvalue weighted by molar-refractivity contribution is 7.99. The van der Waals surface area contributed by atoms with E-state index in [1.807, 2.05) is 32.0 Å². The van der Waals surface area contributed by atoms with Gasteiger partial charge in [0.2, 0.25) is 0 Å². The minimum Gasteiger partial charge on any atom is -0.493 e. The maximum absolute atomic E-state index is 12.7. The lowest BCUT2D eigenvalue weighted by molar-refractivity contribution is -0.380. The summed E-state index contributed by atoms with van der Waals surface area (Å²) in [6.45, 7) is 4.43. The number of halogens is 3. The minimum absolute atomic E-state index is 0.0112. The molecule has 32 heavy (non-hydrogen) atoms. The van der Waals surface area contributed by atoms with Gasteiger partial charge in [0.25, 0.3) is 0 Å². The van der Waals surface area contributed by atoms with Gasteiger partial charge in [-0.1, -0.05) is 0 Å². The van der Waals surface area contributed by atoms with Gasteiger partial charge in [-0.2, -0.15) is 13.2 Å². The highest BCUT2D eigenvalue weighted by Gasteiger charge is 2.30. The number of aryl methyl sites for hydroxylation is 1. The van der Waals surface area contributed by atoms with Crippen molar-refractivity contribution in [3.63, 3.8) is 0 Å². The molecule has 2 aromatic rings. The quantitative estimate of drug-likeness (QED) is 0.449. The number of rotatable bonds is 11. The van der Waals surface area contributed by atoms with Gasteiger partial charge in [0.15, 0.2) is 12.6 Å². The lowest BCUT2D eigenvalue weighted by atomic mass is 10.1. The Morgan fingerprint density at radius 1 is 1.09 bits per heavy atom. The molecule has 2 aromatic carbocycles. The molecule has 0 bridgehead atoms. The molecule has 0 aromatic heterocycles. The standard InChI is InChI=1S/C23H27F3O5S/c1-15-11-20(7-8-21(15)29-13-22-30-16(2)31-22)32-14-17(9-10-27)12-28-19-5-3-18(4-6-19)23(24,25)26/h3-8,11,16-17,22,27H,9-10,12-14H2,1-2H3. The number of ether oxygens (including phenoxy) is 4. The fourth-order valence-corrected chi connectivity index (χ4v) is 4.23. The van der Waals surface area contributed by atoms with E-state index >= 15 is 0 Å². The molecule has 1 atom stereocenters. The minimum atomic E-state index is -4.37. The van der Waals surface area contributed by atoms with Gasteiger partial charge >= 0.3 is 6.18 Å². The molecule has 1 heterocycles. The SMILES string of the molecule is Cc1cc(SCC(CCO)COc2ccc(C(F)(F)F)cc2)ccc1OCC1OC(C)O1. The zero-order valence-electron chi connectivity index (χ0n) is 17.9. The van der Waals surface area contributed by atoms with Crippen molar-refractivity contribution >= 4 is 11.8 Å². The molecule has 1 unspecified atom stereocenters. The number of hydrogen-bond acceptors (Lipinski definition) is 6. The molecular formula is C23H27F3O5S. The van der Waals surface area contributed by atoms with E-state index in [9.17, 15) is 18.3 Å². The molecule has 1 aliphatic heterocycles. The van der Waals surface area contributed by atoms with Crippen molar-refractivity contribution in [1.29, 1.82) is 0 Å². The van der Waals surface area contributed by atoms with Crippen LogP contribution in [-0.2, 0) is 15.7 Å². The molecule has 5 nitrogen and oxygen atoms in total. The molecule has 0 spiro atoms. The van der Waals surface area contributed by atoms with Crippen LogP contribution >= 0.6 is 11.8 Å². The largest absolute Gasteiger partial charge is 0.493 e. The van der Waals surface area contributed by atoms with E-state index in [0.717, 1.165) is 28.3 Å². The van der Waals surface area contributed by atoms with Crippen LogP contribution in [0.25, 0.3) is 0 Å². The van der Waals surface area contributed by atoms with E-state index in [1.54, 1.807) is 11.8 Å². The summed E-state index contributed by atoms with van der Waals surface area (Å²) in [4.78, 5) is 1.05. The predicted octanol–water partition coefficient (Wildman–Crippen LogP) is 5.28. The summed E-state index contributed by atoms with van der Waals surface area (Å²) in [7, 11) is 0. The van der Waals surface area contributed by atoms with Crippen molar-refractivity contribution in [3.05, 3.63) is 53.6 Å². The van der Waals surface area contributed by atoms with E-state index in [2.05, 4.69) is 0 Å². The van der Waals surface area contributed by atoms with Gasteiger partial charge in [-0.05, 0) is 68.3 Å². The van der Waals surface area contributed by atoms with Crippen molar-refractivity contribution in [1.82, 2.24) is 0 Å². The Bertz CT molecular complexity index is 854. The van der Waals surface area contributed by atoms with Crippen molar-refractivity contribution in [3.8, 4) is 11.5 Å². The second kappa shape index (κ2) is 11.3. The number of benzene rings is 2. The molecule has 1 N–H and O–H groups in total. The van der Waals surface area contributed by atoms with Crippen LogP contribution in [0.5, 0.6) is 11.5 Å². The van der Waals surface area contributed by atoms with Crippen LogP contribution in [0.3, 0.4) is 0 Å². The third-order valence-electron chi connectivity index (χ3n) is 4.90. The van der Waals surface area contributed by atoms with Crippen molar-refractivity contribution in [2.75, 3.05) is 25.6 Å². The second-order valence-corrected chi connectivity index (χ2v) is 8.62. The lowest BCUT2D eigenvalue weighted by Gasteiger charge is -2.33. The summed E-state index contributed by atoms with van der Waals surface area (Å²) < 4.78 is 60.1. The van der Waals surface area contributed by atoms with Gasteiger partial charge in [-0.15, -0.1) is 11.8 Å². The molecule has 176 valence electrons. The highest BCUT2D eigenvalue weighted by atomic mass is 32.2. The Kier molecular flexibility index (Phi) is 8.70. The van der Waals surface area contributed by atoms with Crippen molar-refractivity contribution < 1.29 is 37.2 Å². The van der Waals surface area contributed by atoms with Gasteiger partial charge in [0.05, 0.1) is 12.2 Å². The maximum atomic E-state index is 12.7. The molecule has 1 aliphatic rings. The first-order valence-electron chi connectivity index (χ1n) is 10.3. The smallest absolute Gasteiger partial charge is 0.416 e. The third-order valence-corrected chi connectivity index (χ3v) is 6.12. The van der Waals surface area contributed by atoms with Crippen LogP contribution in [0.2, 0.25) is 0 Å². The van der Waals surface area contributed by atoms with Gasteiger partial charge in [-0.3, -0.25) is 0 Å². The second-order valence-electron chi connectivity index (χ2n) is 7.53. The molecule has 0 aliphatic carbocycles. The summed E-state index contributed by atoms with van der Waals surface area (Å²) in [5.74, 6) is 1.87. The van der Waals surface area contributed by atoms with E-state index in [4.69, 9.17) is 18.9 Å². The van der Waals surface area contributed by atoms with Crippen LogP contribution in [0.1, 0.15) is 24.5 Å². The third kappa shape index (κ3) is 7.30. The summed E-state index contributed by atoms with van der Waals surface area (Å²) in [6, 6.07) is 10.5. The van der Waals surface area contributed by atoms with E-state index in [1.165, 1.54) is 12.1 Å². The Morgan fingerprint density at radius 3 is 2.41 bits per heavy atom. The molecule has 9 heteroatoms. The van der Waals surface area contributed by atoms with E-state index in [0.29, 0.717) is 31.1 Å². The molecule has 3 rings (SSSR count). The fraction of sp³-hybridized carbons (Fsp3) is 0.478. The first kappa shape index (κ1) is 24.7. The topological polar surface area (TPSA) is 57.2 Å². The first-order chi connectivity index (χ1) is 15.2. The van der Waals surface area contributed by atoms with E-state index in [-0.39, 0.29) is 25.1 Å².